The number of likely N-dealkylation sites (tertiary alicyclic amines) is 1. The molecule has 5 heteroatoms. The van der Waals surface area contributed by atoms with Crippen molar-refractivity contribution in [3.63, 3.8) is 0 Å². The molecule has 0 radical (unpaired) electrons. The third-order valence-corrected chi connectivity index (χ3v) is 6.02. The van der Waals surface area contributed by atoms with Crippen molar-refractivity contribution in [2.75, 3.05) is 39.8 Å². The van der Waals surface area contributed by atoms with Crippen molar-refractivity contribution < 1.29 is 4.74 Å². The zero-order valence-corrected chi connectivity index (χ0v) is 17.2. The second kappa shape index (κ2) is 10.1. The Hall–Kier alpha value is -1.59. The van der Waals surface area contributed by atoms with Crippen LogP contribution in [-0.4, -0.2) is 56.7 Å². The molecule has 150 valence electrons. The van der Waals surface area contributed by atoms with Gasteiger partial charge in [0.1, 0.15) is 0 Å². The highest BCUT2D eigenvalue weighted by Crippen LogP contribution is 2.33. The van der Waals surface area contributed by atoms with Gasteiger partial charge in [0.2, 0.25) is 0 Å². The van der Waals surface area contributed by atoms with Crippen LogP contribution in [0.2, 0.25) is 0 Å². The van der Waals surface area contributed by atoms with Gasteiger partial charge in [-0.25, -0.2) is 0 Å². The number of hydrogen-bond acceptors (Lipinski definition) is 3. The summed E-state index contributed by atoms with van der Waals surface area (Å²) in [7, 11) is 1.86. The van der Waals surface area contributed by atoms with Crippen molar-refractivity contribution in [1.29, 1.82) is 0 Å². The lowest BCUT2D eigenvalue weighted by molar-refractivity contribution is -0.0265. The molecule has 2 aliphatic rings. The van der Waals surface area contributed by atoms with Gasteiger partial charge >= 0.3 is 0 Å². The Kier molecular flexibility index (Phi) is 7.53. The van der Waals surface area contributed by atoms with Crippen LogP contribution in [0, 0.1) is 12.8 Å². The summed E-state index contributed by atoms with van der Waals surface area (Å²) in [5.41, 5.74) is 2.58. The topological polar surface area (TPSA) is 48.9 Å². The van der Waals surface area contributed by atoms with Crippen molar-refractivity contribution in [2.45, 2.75) is 51.7 Å². The fraction of sp³-hybridized carbons (Fsp3) is 0.682. The molecule has 0 amide bonds. The van der Waals surface area contributed by atoms with Crippen molar-refractivity contribution in [3.05, 3.63) is 35.4 Å². The predicted octanol–water partition coefficient (Wildman–Crippen LogP) is 3.11. The molecule has 3 rings (SSSR count). The molecule has 5 nitrogen and oxygen atoms in total. The molecular weight excluding hydrogens is 336 g/mol. The van der Waals surface area contributed by atoms with Crippen molar-refractivity contribution in [2.24, 2.45) is 10.9 Å². The van der Waals surface area contributed by atoms with Gasteiger partial charge in [0, 0.05) is 38.7 Å². The highest BCUT2D eigenvalue weighted by atomic mass is 16.5. The van der Waals surface area contributed by atoms with E-state index in [1.54, 1.807) is 0 Å². The fourth-order valence-corrected chi connectivity index (χ4v) is 4.38. The summed E-state index contributed by atoms with van der Waals surface area (Å²) in [5, 5.41) is 7.08. The summed E-state index contributed by atoms with van der Waals surface area (Å²) in [6, 6.07) is 9.42. The zero-order valence-electron chi connectivity index (χ0n) is 17.2. The number of aryl methyl sites for hydroxylation is 1. The van der Waals surface area contributed by atoms with E-state index in [2.05, 4.69) is 58.6 Å². The van der Waals surface area contributed by atoms with Crippen LogP contribution in [-0.2, 0) is 4.74 Å². The summed E-state index contributed by atoms with van der Waals surface area (Å²) in [6.45, 7) is 9.46. The van der Waals surface area contributed by atoms with Crippen molar-refractivity contribution in [3.8, 4) is 0 Å². The second-order valence-corrected chi connectivity index (χ2v) is 7.86. The number of hydrogen-bond donors (Lipinski definition) is 2. The van der Waals surface area contributed by atoms with Crippen LogP contribution < -0.4 is 10.6 Å². The molecule has 0 spiro atoms. The number of benzene rings is 1. The van der Waals surface area contributed by atoms with Crippen LogP contribution in [0.1, 0.15) is 49.8 Å². The average molecular weight is 373 g/mol. The van der Waals surface area contributed by atoms with Crippen LogP contribution in [0.3, 0.4) is 0 Å². The number of nitrogens with one attached hydrogen (secondary N) is 2. The maximum absolute atomic E-state index is 6.15. The Morgan fingerprint density at radius 2 is 1.93 bits per heavy atom. The van der Waals surface area contributed by atoms with E-state index >= 15 is 0 Å². The van der Waals surface area contributed by atoms with Gasteiger partial charge in [-0.1, -0.05) is 36.8 Å². The molecule has 2 N–H and O–H groups in total. The van der Waals surface area contributed by atoms with Crippen molar-refractivity contribution in [1.82, 2.24) is 15.5 Å². The molecule has 1 aromatic carbocycles. The van der Waals surface area contributed by atoms with Gasteiger partial charge in [-0.2, -0.15) is 0 Å². The number of ether oxygens (including phenoxy) is 1. The van der Waals surface area contributed by atoms with E-state index in [-0.39, 0.29) is 6.10 Å². The largest absolute Gasteiger partial charge is 0.373 e. The van der Waals surface area contributed by atoms with Gasteiger partial charge in [0.25, 0.3) is 0 Å². The van der Waals surface area contributed by atoms with Crippen LogP contribution in [0.5, 0.6) is 0 Å². The van der Waals surface area contributed by atoms with Crippen LogP contribution >= 0.6 is 0 Å². The maximum atomic E-state index is 6.15. The first-order valence-corrected chi connectivity index (χ1v) is 10.6. The van der Waals surface area contributed by atoms with E-state index in [9.17, 15) is 0 Å². The molecule has 2 heterocycles. The molecule has 0 bridgehead atoms. The molecule has 3 unspecified atom stereocenters. The fourth-order valence-electron chi connectivity index (χ4n) is 4.38. The SMILES string of the molecule is CCN1CCCC1CNC(=NC)NCC1CCCOC1c1ccc(C)cc1. The van der Waals surface area contributed by atoms with Gasteiger partial charge in [0.05, 0.1) is 6.10 Å². The molecule has 3 atom stereocenters. The van der Waals surface area contributed by atoms with E-state index in [1.807, 2.05) is 7.05 Å². The Balaban J connectivity index is 1.52. The second-order valence-electron chi connectivity index (χ2n) is 7.86. The first kappa shape index (κ1) is 20.2. The number of likely N-dealkylation sites (N-methyl/N-ethyl adjacent to an activating group) is 1. The number of nitrogens with zero attached hydrogens (tertiary/aromatic N) is 2. The lowest BCUT2D eigenvalue weighted by Gasteiger charge is -2.33. The smallest absolute Gasteiger partial charge is 0.191 e. The minimum absolute atomic E-state index is 0.176. The molecule has 2 aliphatic heterocycles. The molecule has 27 heavy (non-hydrogen) atoms. The summed E-state index contributed by atoms with van der Waals surface area (Å²) >= 11 is 0. The third-order valence-electron chi connectivity index (χ3n) is 6.02. The average Bonchev–Trinajstić information content (AvgIpc) is 3.17. The normalized spacial score (nSPS) is 26.9. The Morgan fingerprint density at radius 3 is 2.67 bits per heavy atom. The molecule has 2 saturated heterocycles. The van der Waals surface area contributed by atoms with Crippen LogP contribution in [0.25, 0.3) is 0 Å². The Labute approximate surface area is 164 Å². The minimum Gasteiger partial charge on any atom is -0.373 e. The van der Waals surface area contributed by atoms with E-state index < -0.39 is 0 Å². The Morgan fingerprint density at radius 1 is 1.15 bits per heavy atom. The quantitative estimate of drug-likeness (QED) is 0.595. The summed E-state index contributed by atoms with van der Waals surface area (Å²) in [5.74, 6) is 1.38. The number of aliphatic imine (C=N–C) groups is 1. The van der Waals surface area contributed by atoms with Gasteiger partial charge in [-0.3, -0.25) is 9.89 Å². The molecular formula is C22H36N4O. The number of guanidine groups is 1. The van der Waals surface area contributed by atoms with E-state index in [0.29, 0.717) is 12.0 Å². The predicted molar refractivity (Wildman–Crippen MR) is 112 cm³/mol. The first-order valence-electron chi connectivity index (χ1n) is 10.6. The van der Waals surface area contributed by atoms with Gasteiger partial charge in [-0.15, -0.1) is 0 Å². The monoisotopic (exact) mass is 372 g/mol. The summed E-state index contributed by atoms with van der Waals surface area (Å²) in [6.07, 6.45) is 5.09. The standard InChI is InChI=1S/C22H36N4O/c1-4-26-13-5-8-20(26)16-25-22(23-3)24-15-19-7-6-14-27-21(19)18-11-9-17(2)10-12-18/h9-12,19-21H,4-8,13-16H2,1-3H3,(H2,23,24,25). The molecule has 0 saturated carbocycles. The van der Waals surface area contributed by atoms with Gasteiger partial charge in [-0.05, 0) is 51.3 Å². The maximum Gasteiger partial charge on any atom is 0.191 e. The molecule has 2 fully saturated rings. The lowest BCUT2D eigenvalue weighted by Crippen LogP contribution is -2.46. The molecule has 0 aliphatic carbocycles. The van der Waals surface area contributed by atoms with Crippen molar-refractivity contribution >= 4 is 5.96 Å². The van der Waals surface area contributed by atoms with Gasteiger partial charge < -0.3 is 15.4 Å². The molecule has 1 aromatic rings. The number of rotatable bonds is 6. The Bertz CT molecular complexity index is 601. The van der Waals surface area contributed by atoms with E-state index in [4.69, 9.17) is 4.74 Å². The van der Waals surface area contributed by atoms with Crippen LogP contribution in [0.15, 0.2) is 29.3 Å². The molecule has 0 aromatic heterocycles. The van der Waals surface area contributed by atoms with Gasteiger partial charge in [0.15, 0.2) is 5.96 Å². The van der Waals surface area contributed by atoms with E-state index in [1.165, 1.54) is 36.9 Å². The summed E-state index contributed by atoms with van der Waals surface area (Å²) in [4.78, 5) is 6.99. The highest BCUT2D eigenvalue weighted by molar-refractivity contribution is 5.79. The van der Waals surface area contributed by atoms with Crippen LogP contribution in [0.4, 0.5) is 0 Å². The highest BCUT2D eigenvalue weighted by Gasteiger charge is 2.28. The summed E-state index contributed by atoms with van der Waals surface area (Å²) < 4.78 is 6.15. The minimum atomic E-state index is 0.176. The first-order chi connectivity index (χ1) is 13.2. The van der Waals surface area contributed by atoms with E-state index in [0.717, 1.165) is 38.6 Å². The third kappa shape index (κ3) is 5.45. The lowest BCUT2D eigenvalue weighted by atomic mass is 9.89. The zero-order chi connectivity index (χ0) is 19.1.